The molecule has 2 aromatic carbocycles. The zero-order chi connectivity index (χ0) is 21.6. The molecule has 1 aliphatic heterocycles. The molecule has 1 fully saturated rings. The average molecular weight is 421 g/mol. The highest BCUT2D eigenvalue weighted by atomic mass is 16.5. The second kappa shape index (κ2) is 10.1. The predicted molar refractivity (Wildman–Crippen MR) is 123 cm³/mol. The van der Waals surface area contributed by atoms with Crippen molar-refractivity contribution in [3.63, 3.8) is 0 Å². The Morgan fingerprint density at radius 2 is 1.94 bits per heavy atom. The van der Waals surface area contributed by atoms with Gasteiger partial charge in [0.15, 0.2) is 0 Å². The van der Waals surface area contributed by atoms with Crippen molar-refractivity contribution in [2.75, 3.05) is 26.8 Å². The molecule has 0 saturated carbocycles. The third-order valence-electron chi connectivity index (χ3n) is 6.32. The summed E-state index contributed by atoms with van der Waals surface area (Å²) in [5.41, 5.74) is 3.38. The predicted octanol–water partition coefficient (Wildman–Crippen LogP) is 3.16. The van der Waals surface area contributed by atoms with E-state index in [4.69, 9.17) is 9.72 Å². The van der Waals surface area contributed by atoms with E-state index in [2.05, 4.69) is 45.1 Å². The maximum atomic E-state index is 13.1. The van der Waals surface area contributed by atoms with Crippen LogP contribution < -0.4 is 5.32 Å². The van der Waals surface area contributed by atoms with Gasteiger partial charge in [0, 0.05) is 39.7 Å². The normalized spacial score (nSPS) is 19.5. The molecule has 2 atom stereocenters. The highest BCUT2D eigenvalue weighted by Gasteiger charge is 2.35. The van der Waals surface area contributed by atoms with E-state index in [0.717, 1.165) is 42.8 Å². The van der Waals surface area contributed by atoms with Crippen molar-refractivity contribution in [1.82, 2.24) is 19.8 Å². The summed E-state index contributed by atoms with van der Waals surface area (Å²) >= 11 is 0. The molecule has 2 heterocycles. The van der Waals surface area contributed by atoms with E-state index in [0.29, 0.717) is 19.6 Å². The van der Waals surface area contributed by atoms with Crippen molar-refractivity contribution < 1.29 is 9.53 Å². The first-order chi connectivity index (χ1) is 15.2. The molecular formula is C25H32N4O2. The van der Waals surface area contributed by atoms with Crippen LogP contribution in [0.1, 0.15) is 24.2 Å². The zero-order valence-corrected chi connectivity index (χ0v) is 18.5. The molecule has 1 aliphatic rings. The van der Waals surface area contributed by atoms with E-state index >= 15 is 0 Å². The van der Waals surface area contributed by atoms with E-state index in [1.165, 1.54) is 5.56 Å². The molecule has 1 amide bonds. The van der Waals surface area contributed by atoms with E-state index in [9.17, 15) is 4.79 Å². The van der Waals surface area contributed by atoms with Crippen LogP contribution in [0.4, 0.5) is 0 Å². The van der Waals surface area contributed by atoms with Gasteiger partial charge in [-0.3, -0.25) is 9.69 Å². The molecule has 31 heavy (non-hydrogen) atoms. The molecule has 0 spiro atoms. The van der Waals surface area contributed by atoms with Gasteiger partial charge in [0.2, 0.25) is 5.91 Å². The number of hydrogen-bond acceptors (Lipinski definition) is 4. The van der Waals surface area contributed by atoms with Gasteiger partial charge < -0.3 is 14.6 Å². The molecule has 0 unspecified atom stereocenters. The fourth-order valence-electron chi connectivity index (χ4n) is 4.69. The van der Waals surface area contributed by atoms with Crippen LogP contribution in [0.3, 0.4) is 0 Å². The Balaban J connectivity index is 1.38. The van der Waals surface area contributed by atoms with Crippen molar-refractivity contribution in [2.45, 2.75) is 31.8 Å². The van der Waals surface area contributed by atoms with Crippen LogP contribution in [0.15, 0.2) is 54.6 Å². The molecule has 3 aromatic rings. The number of nitrogens with one attached hydrogen (secondary N) is 1. The summed E-state index contributed by atoms with van der Waals surface area (Å²) in [6, 6.07) is 18.7. The Labute approximate surface area is 184 Å². The van der Waals surface area contributed by atoms with Gasteiger partial charge in [-0.1, -0.05) is 42.5 Å². The van der Waals surface area contributed by atoms with Crippen LogP contribution in [0.2, 0.25) is 0 Å². The van der Waals surface area contributed by atoms with E-state index in [-0.39, 0.29) is 17.9 Å². The summed E-state index contributed by atoms with van der Waals surface area (Å²) in [4.78, 5) is 20.2. The quantitative estimate of drug-likeness (QED) is 0.608. The van der Waals surface area contributed by atoms with Crippen molar-refractivity contribution in [3.05, 3.63) is 66.0 Å². The first-order valence-corrected chi connectivity index (χ1v) is 11.1. The van der Waals surface area contributed by atoms with Gasteiger partial charge in [-0.25, -0.2) is 4.98 Å². The Kier molecular flexibility index (Phi) is 6.99. The van der Waals surface area contributed by atoms with Crippen molar-refractivity contribution in [3.8, 4) is 0 Å². The van der Waals surface area contributed by atoms with Crippen LogP contribution in [-0.4, -0.2) is 53.2 Å². The second-order valence-electron chi connectivity index (χ2n) is 8.34. The summed E-state index contributed by atoms with van der Waals surface area (Å²) in [5, 5.41) is 3.17. The van der Waals surface area contributed by atoms with Crippen LogP contribution in [0.5, 0.6) is 0 Å². The lowest BCUT2D eigenvalue weighted by Crippen LogP contribution is -2.52. The molecular weight excluding hydrogens is 388 g/mol. The molecule has 164 valence electrons. The fourth-order valence-corrected chi connectivity index (χ4v) is 4.69. The Bertz CT molecular complexity index is 1000. The summed E-state index contributed by atoms with van der Waals surface area (Å²) in [5.74, 6) is 1.06. The SMILES string of the molecule is COC[C@@H]1[C@H](C(=O)NCCc2nc3ccccc3n2C)CCCN1Cc1ccccc1. The highest BCUT2D eigenvalue weighted by molar-refractivity contribution is 5.79. The molecule has 6 nitrogen and oxygen atoms in total. The van der Waals surface area contributed by atoms with E-state index in [1.807, 2.05) is 31.3 Å². The van der Waals surface area contributed by atoms with Crippen LogP contribution in [0.25, 0.3) is 11.0 Å². The number of amides is 1. The number of carbonyl (C=O) groups is 1. The molecule has 1 N–H and O–H groups in total. The Morgan fingerprint density at radius 1 is 1.16 bits per heavy atom. The number of rotatable bonds is 8. The number of hydrogen-bond donors (Lipinski definition) is 1. The molecule has 0 bridgehead atoms. The summed E-state index contributed by atoms with van der Waals surface area (Å²) in [7, 11) is 3.75. The monoisotopic (exact) mass is 420 g/mol. The molecule has 0 radical (unpaired) electrons. The minimum atomic E-state index is -0.0575. The lowest BCUT2D eigenvalue weighted by Gasteiger charge is -2.40. The molecule has 1 aromatic heterocycles. The smallest absolute Gasteiger partial charge is 0.224 e. The van der Waals surface area contributed by atoms with Gasteiger partial charge >= 0.3 is 0 Å². The standard InChI is InChI=1S/C25H32N4O2/c1-28-22-13-7-6-12-21(22)27-24(28)14-15-26-25(30)20-11-8-16-29(23(20)18-31-2)17-19-9-4-3-5-10-19/h3-7,9-10,12-13,20,23H,8,11,14-18H2,1-2H3,(H,26,30)/t20-,23-/m1/s1. The largest absolute Gasteiger partial charge is 0.383 e. The molecule has 1 saturated heterocycles. The van der Waals surface area contributed by atoms with E-state index in [1.54, 1.807) is 7.11 Å². The highest BCUT2D eigenvalue weighted by Crippen LogP contribution is 2.26. The van der Waals surface area contributed by atoms with Crippen molar-refractivity contribution >= 4 is 16.9 Å². The van der Waals surface area contributed by atoms with E-state index < -0.39 is 0 Å². The van der Waals surface area contributed by atoms with Crippen LogP contribution in [0, 0.1) is 5.92 Å². The van der Waals surface area contributed by atoms with Crippen LogP contribution in [-0.2, 0) is 29.5 Å². The first-order valence-electron chi connectivity index (χ1n) is 11.1. The fraction of sp³-hybridized carbons (Fsp3) is 0.440. The van der Waals surface area contributed by atoms with Gasteiger partial charge in [-0.15, -0.1) is 0 Å². The third-order valence-corrected chi connectivity index (χ3v) is 6.32. The molecule has 4 rings (SSSR count). The number of aromatic nitrogens is 2. The van der Waals surface area contributed by atoms with Gasteiger partial charge in [0.05, 0.1) is 23.6 Å². The summed E-state index contributed by atoms with van der Waals surface area (Å²) in [6.07, 6.45) is 2.64. The molecule has 0 aliphatic carbocycles. The maximum absolute atomic E-state index is 13.1. The number of ether oxygens (including phenoxy) is 1. The summed E-state index contributed by atoms with van der Waals surface area (Å²) < 4.78 is 7.63. The minimum absolute atomic E-state index is 0.0575. The lowest BCUT2D eigenvalue weighted by atomic mass is 9.88. The number of aryl methyl sites for hydroxylation is 1. The number of fused-ring (bicyclic) bond motifs is 1. The zero-order valence-electron chi connectivity index (χ0n) is 18.5. The maximum Gasteiger partial charge on any atom is 0.224 e. The second-order valence-corrected chi connectivity index (χ2v) is 8.34. The van der Waals surface area contributed by atoms with Gasteiger partial charge in [0.1, 0.15) is 5.82 Å². The number of benzene rings is 2. The summed E-state index contributed by atoms with van der Waals surface area (Å²) in [6.45, 7) is 2.99. The topological polar surface area (TPSA) is 59.4 Å². The number of piperidine rings is 1. The van der Waals surface area contributed by atoms with Crippen molar-refractivity contribution in [2.24, 2.45) is 13.0 Å². The van der Waals surface area contributed by atoms with Crippen LogP contribution >= 0.6 is 0 Å². The first kappa shape index (κ1) is 21.5. The number of nitrogens with zero attached hydrogens (tertiary/aromatic N) is 3. The van der Waals surface area contributed by atoms with Gasteiger partial charge in [0.25, 0.3) is 0 Å². The number of methoxy groups -OCH3 is 1. The molecule has 6 heteroatoms. The Morgan fingerprint density at radius 3 is 2.71 bits per heavy atom. The average Bonchev–Trinajstić information content (AvgIpc) is 3.11. The number of likely N-dealkylation sites (tertiary alicyclic amines) is 1. The third kappa shape index (κ3) is 4.97. The minimum Gasteiger partial charge on any atom is -0.383 e. The number of carbonyl (C=O) groups excluding carboxylic acids is 1. The van der Waals surface area contributed by atoms with Gasteiger partial charge in [-0.2, -0.15) is 0 Å². The van der Waals surface area contributed by atoms with Crippen molar-refractivity contribution in [1.29, 1.82) is 0 Å². The number of imidazole rings is 1. The Hall–Kier alpha value is -2.70. The lowest BCUT2D eigenvalue weighted by molar-refractivity contribution is -0.130. The van der Waals surface area contributed by atoms with Gasteiger partial charge in [-0.05, 0) is 37.1 Å². The number of para-hydroxylation sites is 2.